The van der Waals surface area contributed by atoms with Gasteiger partial charge in [0.15, 0.2) is 0 Å². The van der Waals surface area contributed by atoms with E-state index in [4.69, 9.17) is 5.73 Å². The third kappa shape index (κ3) is 4.41. The Hall–Kier alpha value is -0.700. The number of anilines is 1. The number of sulfonamides is 1. The normalized spacial score (nSPS) is 13.8. The van der Waals surface area contributed by atoms with Gasteiger partial charge in [0, 0.05) is 22.7 Å². The molecule has 3 N–H and O–H groups in total. The molecular weight excluding hydrogens is 337 g/mol. The fourth-order valence-corrected chi connectivity index (χ4v) is 3.31. The zero-order valence-corrected chi connectivity index (χ0v) is 13.3. The molecule has 1 rings (SSSR count). The summed E-state index contributed by atoms with van der Waals surface area (Å²) in [7, 11) is -0.283. The van der Waals surface area contributed by atoms with Gasteiger partial charge in [-0.1, -0.05) is 0 Å². The molecule has 0 heterocycles. The lowest BCUT2D eigenvalue weighted by molar-refractivity contribution is 0.370. The lowest BCUT2D eigenvalue weighted by atomic mass is 10.3. The Morgan fingerprint density at radius 1 is 1.47 bits per heavy atom. The van der Waals surface area contributed by atoms with Gasteiger partial charge < -0.3 is 10.6 Å². The van der Waals surface area contributed by atoms with E-state index in [0.29, 0.717) is 11.0 Å². The van der Waals surface area contributed by atoms with E-state index in [-0.39, 0.29) is 11.7 Å². The highest BCUT2D eigenvalue weighted by atomic mass is 79.9. The third-order valence-electron chi connectivity index (χ3n) is 2.34. The topological polar surface area (TPSA) is 75.4 Å². The Bertz CT molecular complexity index is 563. The van der Waals surface area contributed by atoms with Crippen LogP contribution < -0.4 is 10.5 Å². The summed E-state index contributed by atoms with van der Waals surface area (Å²) in [6.45, 7) is 2.21. The molecule has 0 aliphatic rings. The molecule has 0 aliphatic heterocycles. The molecule has 5 nitrogen and oxygen atoms in total. The molecule has 108 valence electrons. The molecule has 0 saturated heterocycles. The van der Waals surface area contributed by atoms with E-state index in [1.54, 1.807) is 6.92 Å². The standard InChI is InChI=1S/C11H17BrFN3O2S/c1-7(6-16(2)3)15-19(17,18)11-5-10(14)8(12)4-9(11)13/h4-5,7,15H,6,14H2,1-3H3. The monoisotopic (exact) mass is 353 g/mol. The van der Waals surface area contributed by atoms with Gasteiger partial charge in [0.1, 0.15) is 10.7 Å². The lowest BCUT2D eigenvalue weighted by Crippen LogP contribution is -2.39. The molecule has 0 amide bonds. The summed E-state index contributed by atoms with van der Waals surface area (Å²) in [6.07, 6.45) is 0. The summed E-state index contributed by atoms with van der Waals surface area (Å²) < 4.78 is 40.6. The second-order valence-electron chi connectivity index (χ2n) is 4.59. The molecule has 0 aliphatic carbocycles. The van der Waals surface area contributed by atoms with Crippen molar-refractivity contribution in [3.05, 3.63) is 22.4 Å². The van der Waals surface area contributed by atoms with Gasteiger partial charge in [-0.2, -0.15) is 0 Å². The van der Waals surface area contributed by atoms with Gasteiger partial charge >= 0.3 is 0 Å². The number of likely N-dealkylation sites (N-methyl/N-ethyl adjacent to an activating group) is 1. The van der Waals surface area contributed by atoms with Crippen molar-refractivity contribution in [3.63, 3.8) is 0 Å². The van der Waals surface area contributed by atoms with Gasteiger partial charge in [-0.25, -0.2) is 17.5 Å². The molecule has 0 spiro atoms. The van der Waals surface area contributed by atoms with Gasteiger partial charge in [0.2, 0.25) is 10.0 Å². The third-order valence-corrected chi connectivity index (χ3v) is 4.63. The number of nitrogens with zero attached hydrogens (tertiary/aromatic N) is 1. The quantitative estimate of drug-likeness (QED) is 0.784. The fraction of sp³-hybridized carbons (Fsp3) is 0.455. The van der Waals surface area contributed by atoms with Crippen LogP contribution in [0.1, 0.15) is 6.92 Å². The predicted molar refractivity (Wildman–Crippen MR) is 76.8 cm³/mol. The smallest absolute Gasteiger partial charge is 0.243 e. The van der Waals surface area contributed by atoms with Gasteiger partial charge in [-0.3, -0.25) is 0 Å². The van der Waals surface area contributed by atoms with Crippen molar-refractivity contribution in [2.45, 2.75) is 17.9 Å². The van der Waals surface area contributed by atoms with Crippen molar-refractivity contribution >= 4 is 31.6 Å². The molecule has 0 radical (unpaired) electrons. The summed E-state index contributed by atoms with van der Waals surface area (Å²) >= 11 is 3.04. The minimum atomic E-state index is -3.93. The Morgan fingerprint density at radius 2 is 2.05 bits per heavy atom. The fourth-order valence-electron chi connectivity index (χ4n) is 1.66. The van der Waals surface area contributed by atoms with Crippen LogP contribution in [0.5, 0.6) is 0 Å². The average Bonchev–Trinajstić information content (AvgIpc) is 2.20. The maximum atomic E-state index is 13.7. The first-order chi connectivity index (χ1) is 8.63. The molecular formula is C11H17BrFN3O2S. The Morgan fingerprint density at radius 3 is 2.58 bits per heavy atom. The van der Waals surface area contributed by atoms with Gasteiger partial charge in [0.25, 0.3) is 0 Å². The second kappa shape index (κ2) is 6.17. The van der Waals surface area contributed by atoms with Crippen LogP contribution in [0, 0.1) is 5.82 Å². The average molecular weight is 354 g/mol. The number of nitrogens with two attached hydrogens (primary N) is 1. The van der Waals surface area contributed by atoms with Crippen molar-refractivity contribution in [2.24, 2.45) is 0 Å². The summed E-state index contributed by atoms with van der Waals surface area (Å²) in [5.41, 5.74) is 5.75. The first-order valence-electron chi connectivity index (χ1n) is 5.55. The largest absolute Gasteiger partial charge is 0.398 e. The Labute approximate surface area is 121 Å². The number of halogens is 2. The minimum Gasteiger partial charge on any atom is -0.398 e. The van der Waals surface area contributed by atoms with Gasteiger partial charge in [0.05, 0.1) is 0 Å². The van der Waals surface area contributed by atoms with Crippen LogP contribution in [0.25, 0.3) is 0 Å². The van der Waals surface area contributed by atoms with Crippen molar-refractivity contribution in [1.82, 2.24) is 9.62 Å². The van der Waals surface area contributed by atoms with Crippen molar-refractivity contribution in [3.8, 4) is 0 Å². The number of rotatable bonds is 5. The lowest BCUT2D eigenvalue weighted by Gasteiger charge is -2.18. The molecule has 19 heavy (non-hydrogen) atoms. The van der Waals surface area contributed by atoms with Crippen molar-refractivity contribution in [1.29, 1.82) is 0 Å². The van der Waals surface area contributed by atoms with Crippen LogP contribution >= 0.6 is 15.9 Å². The molecule has 0 fully saturated rings. The highest BCUT2D eigenvalue weighted by Gasteiger charge is 2.22. The van der Waals surface area contributed by atoms with E-state index in [1.807, 2.05) is 19.0 Å². The van der Waals surface area contributed by atoms with E-state index in [0.717, 1.165) is 12.1 Å². The molecule has 1 aromatic rings. The van der Waals surface area contributed by atoms with Crippen LogP contribution in [0.2, 0.25) is 0 Å². The van der Waals surface area contributed by atoms with Crippen molar-refractivity contribution < 1.29 is 12.8 Å². The first kappa shape index (κ1) is 16.4. The molecule has 1 unspecified atom stereocenters. The maximum absolute atomic E-state index is 13.7. The van der Waals surface area contributed by atoms with Gasteiger partial charge in [-0.15, -0.1) is 0 Å². The number of hydrogen-bond donors (Lipinski definition) is 2. The molecule has 8 heteroatoms. The highest BCUT2D eigenvalue weighted by Crippen LogP contribution is 2.26. The molecule has 0 bridgehead atoms. The molecule has 0 saturated carbocycles. The number of nitrogens with one attached hydrogen (secondary N) is 1. The number of nitrogen functional groups attached to an aromatic ring is 1. The first-order valence-corrected chi connectivity index (χ1v) is 7.82. The SMILES string of the molecule is CC(CN(C)C)NS(=O)(=O)c1cc(N)c(Br)cc1F. The van der Waals surface area contributed by atoms with E-state index >= 15 is 0 Å². The van der Waals surface area contributed by atoms with E-state index in [9.17, 15) is 12.8 Å². The summed E-state index contributed by atoms with van der Waals surface area (Å²) in [6, 6.07) is 1.80. The van der Waals surface area contributed by atoms with Crippen LogP contribution in [0.3, 0.4) is 0 Å². The number of hydrogen-bond acceptors (Lipinski definition) is 4. The summed E-state index contributed by atoms with van der Waals surface area (Å²) in [5.74, 6) is -0.842. The molecule has 1 aromatic carbocycles. The summed E-state index contributed by atoms with van der Waals surface area (Å²) in [4.78, 5) is 1.39. The summed E-state index contributed by atoms with van der Waals surface area (Å²) in [5, 5.41) is 0. The minimum absolute atomic E-state index is 0.169. The van der Waals surface area contributed by atoms with Crippen LogP contribution in [-0.4, -0.2) is 40.0 Å². The second-order valence-corrected chi connectivity index (χ2v) is 7.13. The van der Waals surface area contributed by atoms with Gasteiger partial charge in [-0.05, 0) is 49.1 Å². The van der Waals surface area contributed by atoms with E-state index in [1.165, 1.54) is 0 Å². The zero-order valence-electron chi connectivity index (χ0n) is 10.9. The number of benzene rings is 1. The predicted octanol–water partition coefficient (Wildman–Crippen LogP) is 1.40. The zero-order chi connectivity index (χ0) is 14.8. The van der Waals surface area contributed by atoms with Crippen molar-refractivity contribution in [2.75, 3.05) is 26.4 Å². The van der Waals surface area contributed by atoms with Crippen LogP contribution in [-0.2, 0) is 10.0 Å². The molecule has 1 atom stereocenters. The van der Waals surface area contributed by atoms with Crippen LogP contribution in [0.4, 0.5) is 10.1 Å². The Balaban J connectivity index is 3.04. The highest BCUT2D eigenvalue weighted by molar-refractivity contribution is 9.10. The van der Waals surface area contributed by atoms with Crippen LogP contribution in [0.15, 0.2) is 21.5 Å². The van der Waals surface area contributed by atoms with E-state index in [2.05, 4.69) is 20.7 Å². The maximum Gasteiger partial charge on any atom is 0.243 e. The Kier molecular flexibility index (Phi) is 5.31. The van der Waals surface area contributed by atoms with E-state index < -0.39 is 20.7 Å². The molecule has 0 aromatic heterocycles.